The second-order valence-corrected chi connectivity index (χ2v) is 7.12. The van der Waals surface area contributed by atoms with E-state index in [1.807, 2.05) is 13.8 Å². The highest BCUT2D eigenvalue weighted by molar-refractivity contribution is 9.10. The molecule has 0 aliphatic heterocycles. The summed E-state index contributed by atoms with van der Waals surface area (Å²) in [6.45, 7) is 5.90. The molecule has 3 heteroatoms. The van der Waals surface area contributed by atoms with Crippen molar-refractivity contribution in [1.82, 2.24) is 5.32 Å². The molecule has 88 valence electrons. The van der Waals surface area contributed by atoms with E-state index in [0.717, 1.165) is 0 Å². The zero-order chi connectivity index (χ0) is 11.5. The molecule has 0 radical (unpaired) electrons. The van der Waals surface area contributed by atoms with Gasteiger partial charge in [-0.1, -0.05) is 35.2 Å². The number of rotatable bonds is 3. The van der Waals surface area contributed by atoms with Crippen LogP contribution in [0.1, 0.15) is 52.9 Å². The van der Waals surface area contributed by atoms with Crippen molar-refractivity contribution in [2.75, 3.05) is 0 Å². The lowest BCUT2D eigenvalue weighted by Gasteiger charge is -2.30. The molecule has 2 nitrogen and oxygen atoms in total. The van der Waals surface area contributed by atoms with Crippen LogP contribution in [-0.4, -0.2) is 16.3 Å². The lowest BCUT2D eigenvalue weighted by molar-refractivity contribution is -0.123. The first kappa shape index (κ1) is 13.0. The summed E-state index contributed by atoms with van der Waals surface area (Å²) < 4.78 is -0.448. The molecule has 15 heavy (non-hydrogen) atoms. The van der Waals surface area contributed by atoms with Gasteiger partial charge in [0.2, 0.25) is 5.91 Å². The van der Waals surface area contributed by atoms with Gasteiger partial charge < -0.3 is 5.32 Å². The van der Waals surface area contributed by atoms with E-state index < -0.39 is 4.32 Å². The second-order valence-electron chi connectivity index (χ2n) is 5.13. The fourth-order valence-corrected chi connectivity index (χ4v) is 2.24. The maximum absolute atomic E-state index is 11.8. The van der Waals surface area contributed by atoms with E-state index in [1.165, 1.54) is 32.1 Å². The monoisotopic (exact) mass is 275 g/mol. The van der Waals surface area contributed by atoms with E-state index in [-0.39, 0.29) is 5.91 Å². The van der Waals surface area contributed by atoms with Gasteiger partial charge >= 0.3 is 0 Å². The highest BCUT2D eigenvalue weighted by Crippen LogP contribution is 2.27. The summed E-state index contributed by atoms with van der Waals surface area (Å²) in [6.07, 6.45) is 6.54. The van der Waals surface area contributed by atoms with Crippen LogP contribution in [0.2, 0.25) is 0 Å². The molecule has 0 aromatic rings. The fourth-order valence-electron chi connectivity index (χ4n) is 2.13. The topological polar surface area (TPSA) is 29.1 Å². The average Bonchev–Trinajstić information content (AvgIpc) is 2.17. The number of carbonyl (C=O) groups is 1. The predicted molar refractivity (Wildman–Crippen MR) is 67.2 cm³/mol. The van der Waals surface area contributed by atoms with Gasteiger partial charge in [-0.15, -0.1) is 0 Å². The Bertz CT molecular complexity index is 216. The molecule has 1 amide bonds. The van der Waals surface area contributed by atoms with Gasteiger partial charge in [-0.05, 0) is 39.5 Å². The number of hydrogen-bond donors (Lipinski definition) is 1. The number of carbonyl (C=O) groups excluding carboxylic acids is 1. The van der Waals surface area contributed by atoms with Crippen molar-refractivity contribution in [3.8, 4) is 0 Å². The van der Waals surface area contributed by atoms with Gasteiger partial charge in [0.05, 0.1) is 4.32 Å². The van der Waals surface area contributed by atoms with Crippen molar-refractivity contribution in [3.63, 3.8) is 0 Å². The first-order valence-corrected chi connectivity index (χ1v) is 6.70. The van der Waals surface area contributed by atoms with Crippen LogP contribution in [-0.2, 0) is 4.79 Å². The largest absolute Gasteiger partial charge is 0.352 e. The summed E-state index contributed by atoms with van der Waals surface area (Å²) in [7, 11) is 0. The van der Waals surface area contributed by atoms with Crippen molar-refractivity contribution >= 4 is 21.8 Å². The minimum atomic E-state index is -0.448. The van der Waals surface area contributed by atoms with Gasteiger partial charge in [0.1, 0.15) is 0 Å². The Hall–Kier alpha value is -0.0500. The summed E-state index contributed by atoms with van der Waals surface area (Å²) in [5, 5.41) is 3.10. The average molecular weight is 276 g/mol. The molecule has 1 fully saturated rings. The smallest absolute Gasteiger partial charge is 0.236 e. The molecular formula is C12H22BrNO. The van der Waals surface area contributed by atoms with E-state index >= 15 is 0 Å². The lowest BCUT2D eigenvalue weighted by atomic mass is 9.84. The molecule has 1 N–H and O–H groups in total. The molecule has 1 rings (SSSR count). The Balaban J connectivity index is 2.40. The summed E-state index contributed by atoms with van der Waals surface area (Å²) in [5.41, 5.74) is 0. The number of amides is 1. The van der Waals surface area contributed by atoms with Gasteiger partial charge in [0.15, 0.2) is 0 Å². The van der Waals surface area contributed by atoms with Gasteiger partial charge in [0.25, 0.3) is 0 Å². The predicted octanol–water partition coefficient (Wildman–Crippen LogP) is 3.24. The standard InChI is InChI=1S/C12H22BrNO/c1-9(10-7-5-4-6-8-10)14-11(15)12(2,3)13/h9-10H,4-8H2,1-3H3,(H,14,15)/t9-/m0/s1. The van der Waals surface area contributed by atoms with Gasteiger partial charge in [-0.2, -0.15) is 0 Å². The molecule has 0 unspecified atom stereocenters. The summed E-state index contributed by atoms with van der Waals surface area (Å²) >= 11 is 3.38. The van der Waals surface area contributed by atoms with Gasteiger partial charge in [0, 0.05) is 6.04 Å². The Morgan fingerprint density at radius 3 is 2.33 bits per heavy atom. The van der Waals surface area contributed by atoms with E-state index in [1.54, 1.807) is 0 Å². The molecule has 1 atom stereocenters. The van der Waals surface area contributed by atoms with Gasteiger partial charge in [-0.25, -0.2) is 0 Å². The number of nitrogens with one attached hydrogen (secondary N) is 1. The molecule has 0 saturated heterocycles. The first-order valence-electron chi connectivity index (χ1n) is 5.91. The van der Waals surface area contributed by atoms with E-state index in [4.69, 9.17) is 0 Å². The molecule has 0 bridgehead atoms. The van der Waals surface area contributed by atoms with Crippen LogP contribution in [0.5, 0.6) is 0 Å². The van der Waals surface area contributed by atoms with Crippen molar-refractivity contribution in [3.05, 3.63) is 0 Å². The van der Waals surface area contributed by atoms with E-state index in [2.05, 4.69) is 28.2 Å². The van der Waals surface area contributed by atoms with Crippen molar-refractivity contribution in [2.45, 2.75) is 63.2 Å². The van der Waals surface area contributed by atoms with E-state index in [9.17, 15) is 4.79 Å². The normalized spacial score (nSPS) is 21.1. The molecule has 0 aromatic carbocycles. The van der Waals surface area contributed by atoms with Crippen molar-refractivity contribution < 1.29 is 4.79 Å². The Morgan fingerprint density at radius 1 is 1.33 bits per heavy atom. The van der Waals surface area contributed by atoms with Crippen LogP contribution in [0.3, 0.4) is 0 Å². The quantitative estimate of drug-likeness (QED) is 0.788. The Kier molecular flexibility index (Phi) is 4.63. The first-order chi connectivity index (χ1) is 6.91. The minimum absolute atomic E-state index is 0.0978. The highest BCUT2D eigenvalue weighted by Gasteiger charge is 2.27. The molecule has 1 saturated carbocycles. The third-order valence-electron chi connectivity index (χ3n) is 3.26. The fraction of sp³-hybridized carbons (Fsp3) is 0.917. The maximum atomic E-state index is 11.8. The third kappa shape index (κ3) is 4.13. The molecule has 0 heterocycles. The Labute approximate surface area is 101 Å². The molecule has 0 spiro atoms. The molecule has 1 aliphatic carbocycles. The second kappa shape index (κ2) is 5.33. The van der Waals surface area contributed by atoms with Crippen molar-refractivity contribution in [1.29, 1.82) is 0 Å². The van der Waals surface area contributed by atoms with Crippen LogP contribution in [0.25, 0.3) is 0 Å². The number of hydrogen-bond acceptors (Lipinski definition) is 1. The van der Waals surface area contributed by atoms with Crippen molar-refractivity contribution in [2.24, 2.45) is 5.92 Å². The number of halogens is 1. The summed E-state index contributed by atoms with van der Waals surface area (Å²) in [5.74, 6) is 0.776. The van der Waals surface area contributed by atoms with Crippen LogP contribution in [0.15, 0.2) is 0 Å². The third-order valence-corrected chi connectivity index (χ3v) is 3.62. The highest BCUT2D eigenvalue weighted by atomic mass is 79.9. The minimum Gasteiger partial charge on any atom is -0.352 e. The maximum Gasteiger partial charge on any atom is 0.236 e. The Morgan fingerprint density at radius 2 is 1.87 bits per heavy atom. The molecular weight excluding hydrogens is 254 g/mol. The van der Waals surface area contributed by atoms with Crippen LogP contribution in [0, 0.1) is 5.92 Å². The SMILES string of the molecule is C[C@H](NC(=O)C(C)(C)Br)C1CCCCC1. The van der Waals surface area contributed by atoms with Crippen LogP contribution >= 0.6 is 15.9 Å². The summed E-state index contributed by atoms with van der Waals surface area (Å²) in [4.78, 5) is 11.8. The summed E-state index contributed by atoms with van der Waals surface area (Å²) in [6, 6.07) is 0.314. The molecule has 0 aromatic heterocycles. The van der Waals surface area contributed by atoms with E-state index in [0.29, 0.717) is 12.0 Å². The number of alkyl halides is 1. The zero-order valence-corrected chi connectivity index (χ0v) is 11.6. The molecule has 1 aliphatic rings. The van der Waals surface area contributed by atoms with Gasteiger partial charge in [-0.3, -0.25) is 4.79 Å². The van der Waals surface area contributed by atoms with Crippen LogP contribution in [0.4, 0.5) is 0 Å². The zero-order valence-electron chi connectivity index (χ0n) is 9.98. The lowest BCUT2D eigenvalue weighted by Crippen LogP contribution is -2.45. The van der Waals surface area contributed by atoms with Crippen LogP contribution < -0.4 is 5.32 Å².